The van der Waals surface area contributed by atoms with Crippen LogP contribution < -0.4 is 5.73 Å². The second-order valence-electron chi connectivity index (χ2n) is 2.14. The van der Waals surface area contributed by atoms with E-state index >= 15 is 0 Å². The van der Waals surface area contributed by atoms with E-state index < -0.39 is 0 Å². The number of hydrogen-bond donors (Lipinski definition) is 1. The molecule has 2 N–H and O–H groups in total. The third kappa shape index (κ3) is 1.34. The monoisotopic (exact) mass is 146 g/mol. The first-order valence-corrected chi connectivity index (χ1v) is 3.66. The molecule has 0 aromatic heterocycles. The number of nitrogens with zero attached hydrogens (tertiary/aromatic N) is 3. The number of rotatable bonds is 1. The first kappa shape index (κ1) is 6.82. The Kier molecular flexibility index (Phi) is 1.92. The van der Waals surface area contributed by atoms with Crippen molar-refractivity contribution in [1.29, 1.82) is 0 Å². The Morgan fingerprint density at radius 1 is 1.67 bits per heavy atom. The van der Waals surface area contributed by atoms with Gasteiger partial charge in [-0.15, -0.1) is 0 Å². The van der Waals surface area contributed by atoms with Gasteiger partial charge in [0, 0.05) is 18.0 Å². The lowest BCUT2D eigenvalue weighted by atomic mass is 10.4. The average molecular weight is 146 g/mol. The van der Waals surface area contributed by atoms with Crippen LogP contribution in [-0.2, 0) is 0 Å². The van der Waals surface area contributed by atoms with Gasteiger partial charge in [-0.3, -0.25) is 5.73 Å². The highest BCUT2D eigenvalue weighted by Gasteiger charge is 2.20. The Balaban J connectivity index is 2.49. The molecular weight excluding hydrogens is 136 g/mol. The van der Waals surface area contributed by atoms with Gasteiger partial charge in [-0.05, 0) is 13.8 Å². The summed E-state index contributed by atoms with van der Waals surface area (Å²) in [6, 6.07) is 0.346. The lowest BCUT2D eigenvalue weighted by molar-refractivity contribution is 0.217. The van der Waals surface area contributed by atoms with Crippen LogP contribution >= 0.6 is 11.9 Å². The Labute approximate surface area is 58.6 Å². The molecule has 0 saturated carbocycles. The van der Waals surface area contributed by atoms with E-state index in [4.69, 9.17) is 5.73 Å². The molecular formula is C4H10N4S. The van der Waals surface area contributed by atoms with Crippen LogP contribution in [-0.4, -0.2) is 16.5 Å². The molecule has 0 aromatic carbocycles. The SMILES string of the molecule is CC(C)N1N=NSC1N. The summed E-state index contributed by atoms with van der Waals surface area (Å²) in [5, 5.41) is 5.58. The maximum absolute atomic E-state index is 5.58. The highest BCUT2D eigenvalue weighted by atomic mass is 32.2. The summed E-state index contributed by atoms with van der Waals surface area (Å²) in [6.07, 6.45) is 0. The average Bonchev–Trinajstić information content (AvgIpc) is 2.13. The van der Waals surface area contributed by atoms with Gasteiger partial charge >= 0.3 is 0 Å². The van der Waals surface area contributed by atoms with Crippen molar-refractivity contribution in [2.45, 2.75) is 25.4 Å². The molecule has 0 fully saturated rings. The molecule has 9 heavy (non-hydrogen) atoms. The van der Waals surface area contributed by atoms with Crippen LogP contribution in [0.5, 0.6) is 0 Å². The predicted octanol–water partition coefficient (Wildman–Crippen LogP) is 0.968. The van der Waals surface area contributed by atoms with E-state index in [9.17, 15) is 0 Å². The molecule has 4 nitrogen and oxygen atoms in total. The van der Waals surface area contributed by atoms with Gasteiger partial charge in [0.2, 0.25) is 0 Å². The largest absolute Gasteiger partial charge is 0.300 e. The fourth-order valence-electron chi connectivity index (χ4n) is 0.608. The van der Waals surface area contributed by atoms with Crippen LogP contribution in [0.15, 0.2) is 9.74 Å². The van der Waals surface area contributed by atoms with Crippen molar-refractivity contribution in [3.63, 3.8) is 0 Å². The number of nitrogens with two attached hydrogens (primary N) is 1. The van der Waals surface area contributed by atoms with Crippen LogP contribution in [0.4, 0.5) is 0 Å². The minimum absolute atomic E-state index is 0.0787. The van der Waals surface area contributed by atoms with Crippen molar-refractivity contribution >= 4 is 11.9 Å². The zero-order valence-corrected chi connectivity index (χ0v) is 6.30. The van der Waals surface area contributed by atoms with E-state index in [0.29, 0.717) is 6.04 Å². The lowest BCUT2D eigenvalue weighted by Crippen LogP contribution is -2.36. The minimum atomic E-state index is -0.0787. The molecule has 1 atom stereocenters. The van der Waals surface area contributed by atoms with Crippen molar-refractivity contribution in [3.05, 3.63) is 0 Å². The van der Waals surface area contributed by atoms with Gasteiger partial charge in [0.05, 0.1) is 0 Å². The summed E-state index contributed by atoms with van der Waals surface area (Å²) in [6.45, 7) is 4.07. The Morgan fingerprint density at radius 3 is 2.56 bits per heavy atom. The highest BCUT2D eigenvalue weighted by Crippen LogP contribution is 2.22. The van der Waals surface area contributed by atoms with E-state index in [-0.39, 0.29) is 5.50 Å². The van der Waals surface area contributed by atoms with Crippen LogP contribution in [0.25, 0.3) is 0 Å². The first-order valence-electron chi connectivity index (χ1n) is 2.82. The Bertz CT molecular complexity index is 124. The Hall–Kier alpha value is -0.290. The zero-order chi connectivity index (χ0) is 6.85. The molecule has 0 spiro atoms. The molecule has 5 heteroatoms. The molecule has 0 amide bonds. The second kappa shape index (κ2) is 2.53. The van der Waals surface area contributed by atoms with Crippen molar-refractivity contribution in [2.24, 2.45) is 15.5 Å². The summed E-state index contributed by atoms with van der Waals surface area (Å²) >= 11 is 1.30. The van der Waals surface area contributed by atoms with Gasteiger partial charge in [0.15, 0.2) is 5.50 Å². The van der Waals surface area contributed by atoms with E-state index in [1.165, 1.54) is 11.9 Å². The minimum Gasteiger partial charge on any atom is -0.300 e. The van der Waals surface area contributed by atoms with Crippen LogP contribution in [0.1, 0.15) is 13.8 Å². The van der Waals surface area contributed by atoms with Crippen molar-refractivity contribution in [2.75, 3.05) is 0 Å². The Morgan fingerprint density at radius 2 is 2.33 bits per heavy atom. The molecule has 0 saturated heterocycles. The quantitative estimate of drug-likeness (QED) is 0.561. The molecule has 0 radical (unpaired) electrons. The van der Waals surface area contributed by atoms with Gasteiger partial charge in [0.1, 0.15) is 0 Å². The van der Waals surface area contributed by atoms with E-state index in [0.717, 1.165) is 0 Å². The standard InChI is InChI=1S/C4H10N4S/c1-3(2)8-4(5)9-7-6-8/h3-4H,5H2,1-2H3. The van der Waals surface area contributed by atoms with Gasteiger partial charge in [-0.1, -0.05) is 9.74 Å². The van der Waals surface area contributed by atoms with Gasteiger partial charge < -0.3 is 0 Å². The first-order chi connectivity index (χ1) is 4.22. The van der Waals surface area contributed by atoms with E-state index in [1.54, 1.807) is 5.01 Å². The fourth-order valence-corrected chi connectivity index (χ4v) is 1.21. The zero-order valence-electron chi connectivity index (χ0n) is 5.48. The summed E-state index contributed by atoms with van der Waals surface area (Å²) in [5.74, 6) is 0. The van der Waals surface area contributed by atoms with Crippen molar-refractivity contribution in [1.82, 2.24) is 5.01 Å². The molecule has 1 unspecified atom stereocenters. The maximum atomic E-state index is 5.58. The summed E-state index contributed by atoms with van der Waals surface area (Å²) in [7, 11) is 0. The molecule has 52 valence electrons. The molecule has 0 aliphatic carbocycles. The highest BCUT2D eigenvalue weighted by molar-refractivity contribution is 7.98. The fraction of sp³-hybridized carbons (Fsp3) is 1.00. The van der Waals surface area contributed by atoms with Crippen LogP contribution in [0, 0.1) is 0 Å². The smallest absolute Gasteiger partial charge is 0.166 e. The summed E-state index contributed by atoms with van der Waals surface area (Å²) in [4.78, 5) is 0. The van der Waals surface area contributed by atoms with Gasteiger partial charge in [0.25, 0.3) is 0 Å². The molecule has 0 bridgehead atoms. The van der Waals surface area contributed by atoms with Crippen molar-refractivity contribution in [3.8, 4) is 0 Å². The molecule has 0 aromatic rings. The van der Waals surface area contributed by atoms with Crippen LogP contribution in [0.3, 0.4) is 0 Å². The van der Waals surface area contributed by atoms with Crippen molar-refractivity contribution < 1.29 is 0 Å². The van der Waals surface area contributed by atoms with E-state index in [2.05, 4.69) is 9.74 Å². The lowest BCUT2D eigenvalue weighted by Gasteiger charge is -2.20. The topological polar surface area (TPSA) is 54.0 Å². The predicted molar refractivity (Wildman–Crippen MR) is 37.4 cm³/mol. The molecule has 1 rings (SSSR count). The number of hydrogen-bond acceptors (Lipinski definition) is 5. The molecule has 1 aliphatic rings. The molecule has 1 heterocycles. The third-order valence-corrected chi connectivity index (χ3v) is 1.68. The normalized spacial score (nSPS) is 26.2. The maximum Gasteiger partial charge on any atom is 0.166 e. The molecule has 1 aliphatic heterocycles. The van der Waals surface area contributed by atoms with Gasteiger partial charge in [-0.25, -0.2) is 5.01 Å². The van der Waals surface area contributed by atoms with Crippen LogP contribution in [0.2, 0.25) is 0 Å². The third-order valence-electron chi connectivity index (χ3n) is 1.08. The van der Waals surface area contributed by atoms with E-state index in [1.807, 2.05) is 13.8 Å². The summed E-state index contributed by atoms with van der Waals surface area (Å²) in [5.41, 5.74) is 5.50. The summed E-state index contributed by atoms with van der Waals surface area (Å²) < 4.78 is 3.71. The van der Waals surface area contributed by atoms with Gasteiger partial charge in [-0.2, -0.15) is 0 Å². The second-order valence-corrected chi connectivity index (χ2v) is 3.00.